The van der Waals surface area contributed by atoms with E-state index < -0.39 is 11.6 Å². The van der Waals surface area contributed by atoms with Gasteiger partial charge in [-0.25, -0.2) is 0 Å². The molecule has 2 nitrogen and oxygen atoms in total. The number of aliphatic hydroxyl groups is 1. The van der Waals surface area contributed by atoms with E-state index in [2.05, 4.69) is 5.32 Å². The van der Waals surface area contributed by atoms with E-state index >= 15 is 0 Å². The lowest BCUT2D eigenvalue weighted by Gasteiger charge is -2.37. The highest BCUT2D eigenvalue weighted by atomic mass is 35.5. The maximum atomic E-state index is 11.1. The molecule has 0 heterocycles. The predicted octanol–water partition coefficient (Wildman–Crippen LogP) is 5.40. The van der Waals surface area contributed by atoms with Crippen LogP contribution >= 0.6 is 11.6 Å². The van der Waals surface area contributed by atoms with Crippen molar-refractivity contribution in [3.05, 3.63) is 101 Å². The first-order chi connectivity index (χ1) is 11.6. The number of rotatable bonds is 5. The minimum Gasteiger partial charge on any atom is -0.386 e. The largest absolute Gasteiger partial charge is 0.386 e. The highest BCUT2D eigenvalue weighted by Gasteiger charge is 2.35. The van der Waals surface area contributed by atoms with Gasteiger partial charge in [0.05, 0.1) is 5.54 Å². The summed E-state index contributed by atoms with van der Waals surface area (Å²) in [6.45, 7) is 2.01. The molecule has 0 spiro atoms. The van der Waals surface area contributed by atoms with Gasteiger partial charge in [-0.15, -0.1) is 0 Å². The molecular formula is C21H20ClNO. The average Bonchev–Trinajstić information content (AvgIpc) is 2.64. The zero-order valence-corrected chi connectivity index (χ0v) is 14.2. The molecule has 2 N–H and O–H groups in total. The summed E-state index contributed by atoms with van der Waals surface area (Å²) >= 11 is 5.98. The molecule has 2 atom stereocenters. The van der Waals surface area contributed by atoms with Crippen molar-refractivity contribution < 1.29 is 5.11 Å². The first-order valence-corrected chi connectivity index (χ1v) is 8.30. The monoisotopic (exact) mass is 337 g/mol. The van der Waals surface area contributed by atoms with E-state index in [9.17, 15) is 5.11 Å². The van der Waals surface area contributed by atoms with Crippen LogP contribution in [0.15, 0.2) is 84.9 Å². The van der Waals surface area contributed by atoms with E-state index in [-0.39, 0.29) is 0 Å². The Morgan fingerprint density at radius 1 is 0.833 bits per heavy atom. The van der Waals surface area contributed by atoms with Crippen LogP contribution in [-0.2, 0) is 5.54 Å². The molecule has 3 aromatic carbocycles. The molecule has 24 heavy (non-hydrogen) atoms. The minimum atomic E-state index is -0.711. The van der Waals surface area contributed by atoms with Crippen molar-refractivity contribution in [2.24, 2.45) is 0 Å². The molecule has 0 fully saturated rings. The Morgan fingerprint density at radius 2 is 1.38 bits per heavy atom. The van der Waals surface area contributed by atoms with Crippen molar-refractivity contribution in [3.63, 3.8) is 0 Å². The predicted molar refractivity (Wildman–Crippen MR) is 100 cm³/mol. The molecule has 3 rings (SSSR count). The van der Waals surface area contributed by atoms with Crippen molar-refractivity contribution in [2.45, 2.75) is 18.6 Å². The summed E-state index contributed by atoms with van der Waals surface area (Å²) in [6, 6.07) is 27.2. The Kier molecular flexibility index (Phi) is 4.89. The van der Waals surface area contributed by atoms with E-state index in [0.29, 0.717) is 5.02 Å². The van der Waals surface area contributed by atoms with E-state index in [1.807, 2.05) is 91.9 Å². The summed E-state index contributed by atoms with van der Waals surface area (Å²) < 4.78 is 0. The summed E-state index contributed by atoms with van der Waals surface area (Å²) in [5.41, 5.74) is 2.10. The fourth-order valence-electron chi connectivity index (χ4n) is 2.88. The number of nitrogens with one attached hydrogen (secondary N) is 1. The number of halogens is 1. The van der Waals surface area contributed by atoms with Crippen molar-refractivity contribution in [1.82, 2.24) is 0 Å². The number of hydrogen-bond donors (Lipinski definition) is 2. The topological polar surface area (TPSA) is 32.3 Å². The van der Waals surface area contributed by atoms with Gasteiger partial charge in [-0.2, -0.15) is 0 Å². The molecule has 3 heteroatoms. The Hall–Kier alpha value is -2.29. The summed E-state index contributed by atoms with van der Waals surface area (Å²) in [5, 5.41) is 15.3. The van der Waals surface area contributed by atoms with Crippen LogP contribution in [0, 0.1) is 0 Å². The summed E-state index contributed by atoms with van der Waals surface area (Å²) in [5.74, 6) is 0. The fourth-order valence-corrected chi connectivity index (χ4v) is 3.01. The van der Waals surface area contributed by atoms with E-state index in [1.165, 1.54) is 0 Å². The highest BCUT2D eigenvalue weighted by Crippen LogP contribution is 2.38. The number of hydrogen-bond acceptors (Lipinski definition) is 2. The maximum absolute atomic E-state index is 11.1. The molecule has 122 valence electrons. The van der Waals surface area contributed by atoms with Gasteiger partial charge >= 0.3 is 0 Å². The van der Waals surface area contributed by atoms with Crippen LogP contribution in [0.2, 0.25) is 5.02 Å². The second kappa shape index (κ2) is 7.08. The molecule has 0 aromatic heterocycles. The van der Waals surface area contributed by atoms with Gasteiger partial charge in [0.25, 0.3) is 0 Å². The van der Waals surface area contributed by atoms with Gasteiger partial charge < -0.3 is 10.4 Å². The van der Waals surface area contributed by atoms with E-state index in [1.54, 1.807) is 0 Å². The van der Waals surface area contributed by atoms with Crippen LogP contribution < -0.4 is 5.32 Å². The first kappa shape index (κ1) is 16.6. The van der Waals surface area contributed by atoms with Crippen LogP contribution in [0.3, 0.4) is 0 Å². The quantitative estimate of drug-likeness (QED) is 0.653. The molecule has 0 saturated carbocycles. The molecule has 0 aliphatic rings. The molecule has 2 unspecified atom stereocenters. The van der Waals surface area contributed by atoms with Gasteiger partial charge in [0.1, 0.15) is 6.10 Å². The average molecular weight is 338 g/mol. The fraction of sp³-hybridized carbons (Fsp3) is 0.143. The van der Waals surface area contributed by atoms with Crippen molar-refractivity contribution in [3.8, 4) is 0 Å². The lowest BCUT2D eigenvalue weighted by Crippen LogP contribution is -2.38. The molecule has 3 aromatic rings. The van der Waals surface area contributed by atoms with Crippen LogP contribution in [0.25, 0.3) is 0 Å². The molecule has 0 saturated heterocycles. The normalized spacial score (nSPS) is 14.6. The smallest absolute Gasteiger partial charge is 0.106 e. The van der Waals surface area contributed by atoms with E-state index in [4.69, 9.17) is 11.6 Å². The zero-order chi connectivity index (χ0) is 17.0. The molecule has 0 amide bonds. The van der Waals surface area contributed by atoms with Gasteiger partial charge in [-0.05, 0) is 42.3 Å². The van der Waals surface area contributed by atoms with Crippen LogP contribution in [0.4, 0.5) is 5.69 Å². The van der Waals surface area contributed by atoms with Gasteiger partial charge in [0, 0.05) is 10.7 Å². The second-order valence-corrected chi connectivity index (χ2v) is 6.45. The summed E-state index contributed by atoms with van der Waals surface area (Å²) in [7, 11) is 0. The Bertz CT molecular complexity index is 774. The highest BCUT2D eigenvalue weighted by molar-refractivity contribution is 6.30. The molecule has 0 aliphatic heterocycles. The van der Waals surface area contributed by atoms with Crippen molar-refractivity contribution in [1.29, 1.82) is 0 Å². The summed E-state index contributed by atoms with van der Waals surface area (Å²) in [6.07, 6.45) is -0.711. The molecule has 0 radical (unpaired) electrons. The van der Waals surface area contributed by atoms with Crippen molar-refractivity contribution >= 4 is 17.3 Å². The van der Waals surface area contributed by atoms with Gasteiger partial charge in [0.15, 0.2) is 0 Å². The number of anilines is 1. The summed E-state index contributed by atoms with van der Waals surface area (Å²) in [4.78, 5) is 0. The Balaban J connectivity index is 2.02. The third-order valence-electron chi connectivity index (χ3n) is 4.28. The number of benzene rings is 3. The lowest BCUT2D eigenvalue weighted by atomic mass is 9.82. The standard InChI is InChI=1S/C21H20ClNO/c1-21(17-10-6-3-7-11-17,20(24)16-8-4-2-5-9-16)23-19-14-12-18(22)13-15-19/h2-15,20,23-24H,1H3. The first-order valence-electron chi connectivity index (χ1n) is 7.92. The third-order valence-corrected chi connectivity index (χ3v) is 4.54. The van der Waals surface area contributed by atoms with Crippen LogP contribution in [0.1, 0.15) is 24.2 Å². The second-order valence-electron chi connectivity index (χ2n) is 6.01. The Labute approximate surface area is 147 Å². The third kappa shape index (κ3) is 3.45. The minimum absolute atomic E-state index is 0.684. The van der Waals surface area contributed by atoms with Crippen molar-refractivity contribution in [2.75, 3.05) is 5.32 Å². The van der Waals surface area contributed by atoms with Gasteiger partial charge in [0.2, 0.25) is 0 Å². The van der Waals surface area contributed by atoms with Crippen LogP contribution in [-0.4, -0.2) is 5.11 Å². The van der Waals surface area contributed by atoms with E-state index in [0.717, 1.165) is 16.8 Å². The van der Waals surface area contributed by atoms with Gasteiger partial charge in [-0.3, -0.25) is 0 Å². The molecule has 0 aliphatic carbocycles. The van der Waals surface area contributed by atoms with Gasteiger partial charge in [-0.1, -0.05) is 72.3 Å². The lowest BCUT2D eigenvalue weighted by molar-refractivity contribution is 0.105. The Morgan fingerprint density at radius 3 is 1.96 bits per heavy atom. The van der Waals surface area contributed by atoms with Crippen LogP contribution in [0.5, 0.6) is 0 Å². The molecular weight excluding hydrogens is 318 g/mol. The molecule has 0 bridgehead atoms. The maximum Gasteiger partial charge on any atom is 0.106 e. The zero-order valence-electron chi connectivity index (χ0n) is 13.5. The SMILES string of the molecule is CC(Nc1ccc(Cl)cc1)(c1ccccc1)C(O)c1ccccc1. The number of aliphatic hydroxyl groups excluding tert-OH is 1.